The number of nitrogens with zero attached hydrogens (tertiary/aromatic N) is 1. The van der Waals surface area contributed by atoms with E-state index in [-0.39, 0.29) is 22.3 Å². The minimum atomic E-state index is -0.384. The first-order valence-corrected chi connectivity index (χ1v) is 5.48. The van der Waals surface area contributed by atoms with Gasteiger partial charge in [0.1, 0.15) is 0 Å². The number of nitrogens with one attached hydrogen (secondary N) is 1. The monoisotopic (exact) mass is 238 g/mol. The third kappa shape index (κ3) is 4.13. The lowest BCUT2D eigenvalue weighted by Crippen LogP contribution is -2.31. The van der Waals surface area contributed by atoms with Gasteiger partial charge in [-0.15, -0.1) is 0 Å². The Balaban J connectivity index is 2.82. The molecule has 0 saturated carbocycles. The van der Waals surface area contributed by atoms with E-state index in [2.05, 4.69) is 5.48 Å². The molecule has 1 aromatic rings. The van der Waals surface area contributed by atoms with E-state index in [9.17, 15) is 10.1 Å². The molecule has 0 bridgehead atoms. The van der Waals surface area contributed by atoms with E-state index in [0.717, 1.165) is 0 Å². The molecule has 5 heteroatoms. The summed E-state index contributed by atoms with van der Waals surface area (Å²) in [4.78, 5) is 15.9. The van der Waals surface area contributed by atoms with E-state index in [1.165, 1.54) is 6.07 Å². The third-order valence-electron chi connectivity index (χ3n) is 2.14. The van der Waals surface area contributed by atoms with Gasteiger partial charge < -0.3 is 0 Å². The van der Waals surface area contributed by atoms with E-state index >= 15 is 0 Å². The molecule has 1 N–H and O–H groups in total. The smallest absolute Gasteiger partial charge is 0.274 e. The van der Waals surface area contributed by atoms with E-state index in [1.807, 2.05) is 27.7 Å². The number of hydrogen-bond donors (Lipinski definition) is 1. The number of nitro groups is 1. The average Bonchev–Trinajstić information content (AvgIpc) is 2.25. The molecule has 1 atom stereocenters. The van der Waals surface area contributed by atoms with Crippen molar-refractivity contribution in [1.29, 1.82) is 0 Å². The molecule has 0 aliphatic carbocycles. The first-order valence-electron chi connectivity index (χ1n) is 5.48. The van der Waals surface area contributed by atoms with Crippen molar-refractivity contribution in [2.45, 2.75) is 39.3 Å². The van der Waals surface area contributed by atoms with Gasteiger partial charge in [0.05, 0.1) is 16.6 Å². The van der Waals surface area contributed by atoms with Crippen LogP contribution in [0, 0.1) is 10.1 Å². The summed E-state index contributed by atoms with van der Waals surface area (Å²) in [6.07, 6.45) is 0. The van der Waals surface area contributed by atoms with Crippen molar-refractivity contribution < 1.29 is 9.76 Å². The summed E-state index contributed by atoms with van der Waals surface area (Å²) in [5.74, 6) is 0. The molecule has 0 aromatic heterocycles. The summed E-state index contributed by atoms with van der Waals surface area (Å²) in [6.45, 7) is 7.55. The van der Waals surface area contributed by atoms with Gasteiger partial charge in [0, 0.05) is 11.6 Å². The first-order chi connectivity index (χ1) is 7.81. The van der Waals surface area contributed by atoms with Gasteiger partial charge in [0.2, 0.25) is 0 Å². The van der Waals surface area contributed by atoms with Crippen molar-refractivity contribution in [1.82, 2.24) is 5.48 Å². The van der Waals surface area contributed by atoms with Gasteiger partial charge in [-0.2, -0.15) is 5.48 Å². The van der Waals surface area contributed by atoms with E-state index in [4.69, 9.17) is 4.84 Å². The number of hydroxylamine groups is 1. The Morgan fingerprint density at radius 3 is 2.47 bits per heavy atom. The molecule has 1 aromatic carbocycles. The van der Waals surface area contributed by atoms with Crippen LogP contribution in [0.3, 0.4) is 0 Å². The van der Waals surface area contributed by atoms with Gasteiger partial charge in [0.15, 0.2) is 0 Å². The standard InChI is InChI=1S/C12H18N2O3/c1-9(13-17-12(2,3)4)10-7-5-6-8-11(10)14(15)16/h5-9,13H,1-4H3. The molecular formula is C12H18N2O3. The van der Waals surface area contributed by atoms with Gasteiger partial charge in [0.25, 0.3) is 5.69 Å². The van der Waals surface area contributed by atoms with Crippen LogP contribution < -0.4 is 5.48 Å². The Morgan fingerprint density at radius 2 is 1.94 bits per heavy atom. The Labute approximate surface area is 101 Å². The number of hydrogen-bond acceptors (Lipinski definition) is 4. The van der Waals surface area contributed by atoms with Crippen LogP contribution in [-0.2, 0) is 4.84 Å². The summed E-state index contributed by atoms with van der Waals surface area (Å²) in [5.41, 5.74) is 3.21. The summed E-state index contributed by atoms with van der Waals surface area (Å²) >= 11 is 0. The molecule has 17 heavy (non-hydrogen) atoms. The Bertz CT molecular complexity index is 399. The van der Waals surface area contributed by atoms with Gasteiger partial charge in [-0.05, 0) is 27.7 Å². The third-order valence-corrected chi connectivity index (χ3v) is 2.14. The van der Waals surface area contributed by atoms with Crippen molar-refractivity contribution in [3.05, 3.63) is 39.9 Å². The Kier molecular flexibility index (Phi) is 4.20. The van der Waals surface area contributed by atoms with E-state index in [1.54, 1.807) is 18.2 Å². The fraction of sp³-hybridized carbons (Fsp3) is 0.500. The van der Waals surface area contributed by atoms with Crippen molar-refractivity contribution >= 4 is 5.69 Å². The van der Waals surface area contributed by atoms with Gasteiger partial charge in [-0.3, -0.25) is 15.0 Å². The van der Waals surface area contributed by atoms with E-state index < -0.39 is 0 Å². The van der Waals surface area contributed by atoms with Gasteiger partial charge in [-0.1, -0.05) is 18.2 Å². The molecule has 0 amide bonds. The van der Waals surface area contributed by atoms with Crippen LogP contribution in [-0.4, -0.2) is 10.5 Å². The van der Waals surface area contributed by atoms with Crippen LogP contribution >= 0.6 is 0 Å². The number of benzene rings is 1. The second-order valence-electron chi connectivity index (χ2n) is 4.87. The fourth-order valence-electron chi connectivity index (χ4n) is 1.35. The molecule has 0 aliphatic heterocycles. The lowest BCUT2D eigenvalue weighted by Gasteiger charge is -2.23. The lowest BCUT2D eigenvalue weighted by molar-refractivity contribution is -0.385. The van der Waals surface area contributed by atoms with Crippen molar-refractivity contribution in [3.63, 3.8) is 0 Å². The number of para-hydroxylation sites is 1. The Morgan fingerprint density at radius 1 is 1.35 bits per heavy atom. The van der Waals surface area contributed by atoms with Crippen LogP contribution in [0.2, 0.25) is 0 Å². The molecule has 0 fully saturated rings. The zero-order valence-corrected chi connectivity index (χ0v) is 10.6. The second-order valence-corrected chi connectivity index (χ2v) is 4.87. The van der Waals surface area contributed by atoms with Crippen LogP contribution in [0.15, 0.2) is 24.3 Å². The summed E-state index contributed by atoms with van der Waals surface area (Å²) in [7, 11) is 0. The lowest BCUT2D eigenvalue weighted by atomic mass is 10.1. The predicted octanol–water partition coefficient (Wildman–Crippen LogP) is 2.98. The molecule has 5 nitrogen and oxygen atoms in total. The Hall–Kier alpha value is -1.46. The van der Waals surface area contributed by atoms with Crippen LogP contribution in [0.5, 0.6) is 0 Å². The molecule has 94 valence electrons. The molecule has 0 heterocycles. The number of nitro benzene ring substituents is 1. The van der Waals surface area contributed by atoms with Gasteiger partial charge >= 0.3 is 0 Å². The maximum atomic E-state index is 10.9. The normalized spacial score (nSPS) is 13.4. The summed E-state index contributed by atoms with van der Waals surface area (Å²) in [5, 5.41) is 10.9. The van der Waals surface area contributed by atoms with Crippen molar-refractivity contribution in [3.8, 4) is 0 Å². The predicted molar refractivity (Wildman–Crippen MR) is 65.5 cm³/mol. The van der Waals surface area contributed by atoms with Crippen LogP contribution in [0.4, 0.5) is 5.69 Å². The van der Waals surface area contributed by atoms with Crippen molar-refractivity contribution in [2.75, 3.05) is 0 Å². The second kappa shape index (κ2) is 5.25. The van der Waals surface area contributed by atoms with Gasteiger partial charge in [-0.25, -0.2) is 0 Å². The first kappa shape index (κ1) is 13.6. The number of rotatable bonds is 4. The quantitative estimate of drug-likeness (QED) is 0.647. The highest BCUT2D eigenvalue weighted by Gasteiger charge is 2.20. The van der Waals surface area contributed by atoms with Crippen molar-refractivity contribution in [2.24, 2.45) is 0 Å². The maximum Gasteiger partial charge on any atom is 0.274 e. The average molecular weight is 238 g/mol. The molecule has 0 aliphatic rings. The highest BCUT2D eigenvalue weighted by molar-refractivity contribution is 5.41. The molecule has 0 saturated heterocycles. The highest BCUT2D eigenvalue weighted by atomic mass is 16.7. The van der Waals surface area contributed by atoms with Crippen LogP contribution in [0.1, 0.15) is 39.3 Å². The summed E-state index contributed by atoms with van der Waals surface area (Å²) in [6, 6.07) is 6.40. The highest BCUT2D eigenvalue weighted by Crippen LogP contribution is 2.24. The molecule has 1 unspecified atom stereocenters. The molecule has 0 spiro atoms. The fourth-order valence-corrected chi connectivity index (χ4v) is 1.35. The topological polar surface area (TPSA) is 64.4 Å². The minimum Gasteiger partial charge on any atom is -0.296 e. The van der Waals surface area contributed by atoms with E-state index in [0.29, 0.717) is 5.56 Å². The maximum absolute atomic E-state index is 10.9. The molecule has 0 radical (unpaired) electrons. The molecule has 1 rings (SSSR count). The zero-order valence-electron chi connectivity index (χ0n) is 10.6. The SMILES string of the molecule is CC(NOC(C)(C)C)c1ccccc1[N+](=O)[O-]. The largest absolute Gasteiger partial charge is 0.296 e. The minimum absolute atomic E-state index is 0.102. The zero-order chi connectivity index (χ0) is 13.1. The summed E-state index contributed by atoms with van der Waals surface area (Å²) < 4.78 is 0. The van der Waals surface area contributed by atoms with Crippen LogP contribution in [0.25, 0.3) is 0 Å². The molecular weight excluding hydrogens is 220 g/mol.